The predicted molar refractivity (Wildman–Crippen MR) is 98.7 cm³/mol. The van der Waals surface area contributed by atoms with Gasteiger partial charge in [0, 0.05) is 18.1 Å². The monoisotopic (exact) mass is 340 g/mol. The van der Waals surface area contributed by atoms with Crippen LogP contribution >= 0.6 is 0 Å². The minimum atomic E-state index is -0.393. The lowest BCUT2D eigenvalue weighted by Gasteiger charge is -2.34. The van der Waals surface area contributed by atoms with Gasteiger partial charge in [0.15, 0.2) is 5.69 Å². The van der Waals surface area contributed by atoms with Crippen molar-refractivity contribution in [2.75, 3.05) is 0 Å². The second-order valence-electron chi connectivity index (χ2n) is 7.80. The van der Waals surface area contributed by atoms with Gasteiger partial charge in [0.1, 0.15) is 0 Å². The fourth-order valence-corrected chi connectivity index (χ4v) is 3.85. The Morgan fingerprint density at radius 2 is 2.00 bits per heavy atom. The van der Waals surface area contributed by atoms with Gasteiger partial charge in [0.2, 0.25) is 0 Å². The molecule has 0 saturated heterocycles. The molecule has 2 aromatic rings. The Balaban J connectivity index is 1.90. The Labute approximate surface area is 146 Å². The number of carbonyl (C=O) groups excluding carboxylic acids is 1. The van der Waals surface area contributed by atoms with Crippen molar-refractivity contribution in [2.24, 2.45) is 23.5 Å². The highest BCUT2D eigenvalue weighted by Gasteiger charge is 2.29. The van der Waals surface area contributed by atoms with E-state index in [1.54, 1.807) is 31.3 Å². The Kier molecular flexibility index (Phi) is 4.45. The number of hydrogen-bond acceptors (Lipinski definition) is 4. The highest BCUT2D eigenvalue weighted by atomic mass is 16.2. The van der Waals surface area contributed by atoms with Gasteiger partial charge in [-0.15, -0.1) is 0 Å². The number of nitrogens with one attached hydrogen (secondary N) is 1. The lowest BCUT2D eigenvalue weighted by Crippen LogP contribution is -2.31. The third-order valence-electron chi connectivity index (χ3n) is 4.65. The first kappa shape index (κ1) is 17.3. The molecule has 6 nitrogen and oxygen atoms in total. The van der Waals surface area contributed by atoms with Crippen molar-refractivity contribution < 1.29 is 4.79 Å². The zero-order chi connectivity index (χ0) is 18.2. The molecule has 1 aromatic carbocycles. The zero-order valence-corrected chi connectivity index (χ0v) is 15.2. The van der Waals surface area contributed by atoms with Crippen molar-refractivity contribution in [3.63, 3.8) is 0 Å². The van der Waals surface area contributed by atoms with Crippen LogP contribution in [-0.4, -0.2) is 21.4 Å². The number of benzene rings is 1. The molecule has 3 rings (SSSR count). The summed E-state index contributed by atoms with van der Waals surface area (Å²) in [6.07, 6.45) is 2.93. The van der Waals surface area contributed by atoms with Crippen molar-refractivity contribution in [1.29, 1.82) is 0 Å². The largest absolute Gasteiger partial charge is 0.292 e. The van der Waals surface area contributed by atoms with E-state index in [-0.39, 0.29) is 16.7 Å². The number of fused-ring (bicyclic) bond motifs is 1. The molecule has 1 atom stereocenters. The summed E-state index contributed by atoms with van der Waals surface area (Å²) < 4.78 is 1.19. The third-order valence-corrected chi connectivity index (χ3v) is 4.65. The molecule has 132 valence electrons. The van der Waals surface area contributed by atoms with Gasteiger partial charge >= 0.3 is 0 Å². The molecule has 1 amide bonds. The van der Waals surface area contributed by atoms with Crippen LogP contribution in [0.5, 0.6) is 0 Å². The van der Waals surface area contributed by atoms with E-state index < -0.39 is 5.91 Å². The fourth-order valence-electron chi connectivity index (χ4n) is 3.85. The quantitative estimate of drug-likeness (QED) is 0.854. The molecule has 25 heavy (non-hydrogen) atoms. The van der Waals surface area contributed by atoms with Crippen molar-refractivity contribution in [2.45, 2.75) is 40.0 Å². The van der Waals surface area contributed by atoms with Crippen LogP contribution in [0.3, 0.4) is 0 Å². The van der Waals surface area contributed by atoms with Crippen molar-refractivity contribution >= 4 is 22.4 Å². The molecular formula is C19H24N4O2. The summed E-state index contributed by atoms with van der Waals surface area (Å²) in [5, 5.41) is 9.50. The number of carbonyl (C=O) groups is 1. The minimum Gasteiger partial charge on any atom is -0.267 e. The summed E-state index contributed by atoms with van der Waals surface area (Å²) >= 11 is 0. The Bertz CT molecular complexity index is 911. The van der Waals surface area contributed by atoms with E-state index in [0.717, 1.165) is 25.0 Å². The first-order valence-corrected chi connectivity index (χ1v) is 8.59. The van der Waals surface area contributed by atoms with E-state index in [2.05, 4.69) is 36.4 Å². The summed E-state index contributed by atoms with van der Waals surface area (Å²) in [5.41, 5.74) is 3.83. The number of hydrazone groups is 1. The van der Waals surface area contributed by atoms with Crippen LogP contribution in [0.4, 0.5) is 0 Å². The normalized spacial score (nSPS) is 21.4. The molecule has 1 aliphatic carbocycles. The summed E-state index contributed by atoms with van der Waals surface area (Å²) in [4.78, 5) is 24.8. The average molecular weight is 340 g/mol. The van der Waals surface area contributed by atoms with Gasteiger partial charge in [0.25, 0.3) is 11.5 Å². The smallest absolute Gasteiger partial charge is 0.267 e. The fraction of sp³-hybridized carbons (Fsp3) is 0.474. The number of nitrogens with zero attached hydrogens (tertiary/aromatic N) is 3. The van der Waals surface area contributed by atoms with Crippen LogP contribution in [0.15, 0.2) is 34.2 Å². The maximum absolute atomic E-state index is 12.6. The van der Waals surface area contributed by atoms with Crippen LogP contribution < -0.4 is 11.0 Å². The molecule has 0 unspecified atom stereocenters. The second kappa shape index (κ2) is 6.43. The molecule has 0 radical (unpaired) electrons. The first-order valence-electron chi connectivity index (χ1n) is 8.59. The van der Waals surface area contributed by atoms with Gasteiger partial charge in [-0.25, -0.2) is 10.1 Å². The summed E-state index contributed by atoms with van der Waals surface area (Å²) in [6, 6.07) is 7.00. The van der Waals surface area contributed by atoms with Crippen molar-refractivity contribution in [3.8, 4) is 0 Å². The van der Waals surface area contributed by atoms with Crippen LogP contribution in [0, 0.1) is 11.3 Å². The van der Waals surface area contributed by atoms with Crippen molar-refractivity contribution in [1.82, 2.24) is 15.2 Å². The summed E-state index contributed by atoms with van der Waals surface area (Å²) in [5.74, 6) is 0.159. The van der Waals surface area contributed by atoms with Gasteiger partial charge in [-0.05, 0) is 36.7 Å². The van der Waals surface area contributed by atoms with Crippen LogP contribution in [0.2, 0.25) is 0 Å². The molecule has 0 spiro atoms. The van der Waals surface area contributed by atoms with E-state index >= 15 is 0 Å². The predicted octanol–water partition coefficient (Wildman–Crippen LogP) is 2.87. The Morgan fingerprint density at radius 3 is 2.68 bits per heavy atom. The number of aryl methyl sites for hydroxylation is 1. The number of hydrogen-bond donors (Lipinski definition) is 1. The SMILES string of the molecule is C[C@H]1C/C(=N/NC(=O)c2nn(C)c(=O)c3ccccc23)CC(C)(C)C1. The molecule has 1 saturated carbocycles. The minimum absolute atomic E-state index is 0.197. The molecule has 6 heteroatoms. The topological polar surface area (TPSA) is 76.3 Å². The lowest BCUT2D eigenvalue weighted by molar-refractivity contribution is 0.0948. The van der Waals surface area contributed by atoms with Gasteiger partial charge in [0.05, 0.1) is 5.39 Å². The van der Waals surface area contributed by atoms with E-state index in [1.165, 1.54) is 4.68 Å². The van der Waals surface area contributed by atoms with Gasteiger partial charge in [-0.2, -0.15) is 10.2 Å². The highest BCUT2D eigenvalue weighted by Crippen LogP contribution is 2.36. The summed E-state index contributed by atoms with van der Waals surface area (Å²) in [7, 11) is 1.54. The molecule has 1 aliphatic rings. The van der Waals surface area contributed by atoms with Gasteiger partial charge in [-0.3, -0.25) is 9.59 Å². The van der Waals surface area contributed by atoms with Crippen molar-refractivity contribution in [3.05, 3.63) is 40.3 Å². The van der Waals surface area contributed by atoms with Crippen LogP contribution in [0.25, 0.3) is 10.8 Å². The Hall–Kier alpha value is -2.50. The van der Waals surface area contributed by atoms with Gasteiger partial charge in [-0.1, -0.05) is 39.0 Å². The molecule has 1 fully saturated rings. The van der Waals surface area contributed by atoms with E-state index in [0.29, 0.717) is 16.7 Å². The second-order valence-corrected chi connectivity index (χ2v) is 7.80. The molecule has 0 aliphatic heterocycles. The van der Waals surface area contributed by atoms with E-state index in [9.17, 15) is 9.59 Å². The Morgan fingerprint density at radius 1 is 1.32 bits per heavy atom. The first-order chi connectivity index (χ1) is 11.8. The van der Waals surface area contributed by atoms with Crippen LogP contribution in [0.1, 0.15) is 50.5 Å². The average Bonchev–Trinajstić information content (AvgIpc) is 2.54. The number of amides is 1. The van der Waals surface area contributed by atoms with E-state index in [1.807, 2.05) is 0 Å². The number of rotatable bonds is 2. The zero-order valence-electron chi connectivity index (χ0n) is 15.2. The molecule has 1 N–H and O–H groups in total. The van der Waals surface area contributed by atoms with Gasteiger partial charge < -0.3 is 0 Å². The number of aromatic nitrogens is 2. The molecule has 1 aromatic heterocycles. The molecular weight excluding hydrogens is 316 g/mol. The maximum Gasteiger partial charge on any atom is 0.292 e. The maximum atomic E-state index is 12.6. The van der Waals surface area contributed by atoms with Crippen LogP contribution in [-0.2, 0) is 7.05 Å². The lowest BCUT2D eigenvalue weighted by atomic mass is 9.72. The standard InChI is InChI=1S/C19H24N4O2/c1-12-9-13(11-19(2,3)10-12)20-21-17(24)16-14-7-5-6-8-15(14)18(25)23(4)22-16/h5-8,12H,9-11H2,1-4H3,(H,21,24)/b20-13-/t12-/m0/s1. The highest BCUT2D eigenvalue weighted by molar-refractivity contribution is 6.05. The third kappa shape index (κ3) is 3.62. The van der Waals surface area contributed by atoms with E-state index in [4.69, 9.17) is 0 Å². The summed E-state index contributed by atoms with van der Waals surface area (Å²) in [6.45, 7) is 6.66. The molecule has 0 bridgehead atoms. The molecule has 1 heterocycles.